The fraction of sp³-hybridized carbons (Fsp3) is 0.522. The molecule has 1 amide bonds. The van der Waals surface area contributed by atoms with E-state index in [4.69, 9.17) is 4.98 Å². The first-order chi connectivity index (χ1) is 13.4. The van der Waals surface area contributed by atoms with Crippen LogP contribution in [0.3, 0.4) is 0 Å². The Morgan fingerprint density at radius 1 is 1.04 bits per heavy atom. The van der Waals surface area contributed by atoms with Crippen molar-refractivity contribution in [3.8, 4) is 0 Å². The topological polar surface area (TPSA) is 49.3 Å². The van der Waals surface area contributed by atoms with Crippen LogP contribution < -0.4 is 4.90 Å². The van der Waals surface area contributed by atoms with Crippen molar-refractivity contribution in [1.29, 1.82) is 0 Å². The first-order valence-electron chi connectivity index (χ1n) is 10.4. The molecule has 0 radical (unpaired) electrons. The van der Waals surface area contributed by atoms with Gasteiger partial charge in [-0.05, 0) is 50.3 Å². The Bertz CT molecular complexity index is 829. The SMILES string of the molecule is CCc1ccc(C(=O)N2CCCN(c3nc(C)nc(C)c3C(C)C)CC2)cc1. The molecule has 1 aliphatic heterocycles. The van der Waals surface area contributed by atoms with Gasteiger partial charge in [0, 0.05) is 43.0 Å². The lowest BCUT2D eigenvalue weighted by atomic mass is 10.0. The Labute approximate surface area is 168 Å². The van der Waals surface area contributed by atoms with Crippen LogP contribution in [0, 0.1) is 13.8 Å². The summed E-state index contributed by atoms with van der Waals surface area (Å²) in [4.78, 5) is 26.6. The summed E-state index contributed by atoms with van der Waals surface area (Å²) >= 11 is 0. The molecule has 28 heavy (non-hydrogen) atoms. The van der Waals surface area contributed by atoms with Gasteiger partial charge < -0.3 is 9.80 Å². The molecule has 3 rings (SSSR count). The number of nitrogens with zero attached hydrogens (tertiary/aromatic N) is 4. The third-order valence-electron chi connectivity index (χ3n) is 5.50. The third-order valence-corrected chi connectivity index (χ3v) is 5.50. The Morgan fingerprint density at radius 2 is 1.75 bits per heavy atom. The molecule has 0 atom stereocenters. The molecular weight excluding hydrogens is 348 g/mol. The van der Waals surface area contributed by atoms with Gasteiger partial charge in [0.15, 0.2) is 0 Å². The Hall–Kier alpha value is -2.43. The van der Waals surface area contributed by atoms with E-state index in [0.29, 0.717) is 12.5 Å². The zero-order chi connectivity index (χ0) is 20.3. The van der Waals surface area contributed by atoms with Crippen molar-refractivity contribution in [1.82, 2.24) is 14.9 Å². The Morgan fingerprint density at radius 3 is 2.39 bits per heavy atom. The van der Waals surface area contributed by atoms with Crippen molar-refractivity contribution in [2.24, 2.45) is 0 Å². The molecule has 0 aliphatic carbocycles. The molecule has 2 heterocycles. The van der Waals surface area contributed by atoms with Crippen LogP contribution in [-0.2, 0) is 6.42 Å². The molecule has 1 aromatic heterocycles. The molecule has 1 saturated heterocycles. The predicted molar refractivity (Wildman–Crippen MR) is 114 cm³/mol. The van der Waals surface area contributed by atoms with Gasteiger partial charge in [-0.15, -0.1) is 0 Å². The highest BCUT2D eigenvalue weighted by Crippen LogP contribution is 2.29. The number of anilines is 1. The predicted octanol–water partition coefficient (Wildman–Crippen LogP) is 4.13. The molecule has 150 valence electrons. The lowest BCUT2D eigenvalue weighted by Crippen LogP contribution is -2.35. The second-order valence-electron chi connectivity index (χ2n) is 7.93. The minimum Gasteiger partial charge on any atom is -0.354 e. The molecule has 5 heteroatoms. The smallest absolute Gasteiger partial charge is 0.253 e. The van der Waals surface area contributed by atoms with Crippen molar-refractivity contribution in [2.75, 3.05) is 31.1 Å². The number of benzene rings is 1. The monoisotopic (exact) mass is 380 g/mol. The second kappa shape index (κ2) is 8.72. The maximum absolute atomic E-state index is 13.0. The van der Waals surface area contributed by atoms with E-state index in [2.05, 4.69) is 49.7 Å². The summed E-state index contributed by atoms with van der Waals surface area (Å²) in [6.45, 7) is 13.7. The van der Waals surface area contributed by atoms with Gasteiger partial charge in [-0.2, -0.15) is 0 Å². The highest BCUT2D eigenvalue weighted by molar-refractivity contribution is 5.94. The zero-order valence-corrected chi connectivity index (χ0v) is 17.8. The van der Waals surface area contributed by atoms with Crippen LogP contribution in [0.25, 0.3) is 0 Å². The molecule has 0 spiro atoms. The Balaban J connectivity index is 1.77. The van der Waals surface area contributed by atoms with E-state index in [9.17, 15) is 4.79 Å². The van der Waals surface area contributed by atoms with Gasteiger partial charge in [0.1, 0.15) is 11.6 Å². The van der Waals surface area contributed by atoms with Crippen LogP contribution in [0.5, 0.6) is 0 Å². The number of hydrogen-bond acceptors (Lipinski definition) is 4. The summed E-state index contributed by atoms with van der Waals surface area (Å²) in [5.74, 6) is 2.35. The molecule has 2 aromatic rings. The van der Waals surface area contributed by atoms with Crippen LogP contribution in [0.4, 0.5) is 5.82 Å². The number of amides is 1. The third kappa shape index (κ3) is 4.34. The van der Waals surface area contributed by atoms with Gasteiger partial charge >= 0.3 is 0 Å². The van der Waals surface area contributed by atoms with Gasteiger partial charge in [-0.25, -0.2) is 9.97 Å². The second-order valence-corrected chi connectivity index (χ2v) is 7.93. The summed E-state index contributed by atoms with van der Waals surface area (Å²) in [5.41, 5.74) is 4.32. The lowest BCUT2D eigenvalue weighted by molar-refractivity contribution is 0.0767. The van der Waals surface area contributed by atoms with E-state index in [1.165, 1.54) is 11.1 Å². The standard InChI is InChI=1S/C23H32N4O/c1-6-19-8-10-20(11-9-19)23(28)27-13-7-12-26(14-15-27)22-21(16(2)3)17(4)24-18(5)25-22/h8-11,16H,6-7,12-15H2,1-5H3. The quantitative estimate of drug-likeness (QED) is 0.800. The number of hydrogen-bond donors (Lipinski definition) is 0. The summed E-state index contributed by atoms with van der Waals surface area (Å²) in [6, 6.07) is 8.02. The normalized spacial score (nSPS) is 15.1. The summed E-state index contributed by atoms with van der Waals surface area (Å²) in [6.07, 6.45) is 1.93. The zero-order valence-electron chi connectivity index (χ0n) is 17.8. The molecule has 5 nitrogen and oxygen atoms in total. The summed E-state index contributed by atoms with van der Waals surface area (Å²) < 4.78 is 0. The van der Waals surface area contributed by atoms with Crippen molar-refractivity contribution in [3.05, 3.63) is 52.5 Å². The van der Waals surface area contributed by atoms with Gasteiger partial charge in [-0.1, -0.05) is 32.9 Å². The summed E-state index contributed by atoms with van der Waals surface area (Å²) in [5, 5.41) is 0. The van der Waals surface area contributed by atoms with Crippen molar-refractivity contribution >= 4 is 11.7 Å². The van der Waals surface area contributed by atoms with Crippen LogP contribution in [0.1, 0.15) is 66.1 Å². The highest BCUT2D eigenvalue weighted by atomic mass is 16.2. The molecule has 0 bridgehead atoms. The average Bonchev–Trinajstić information content (AvgIpc) is 2.92. The molecule has 0 saturated carbocycles. The van der Waals surface area contributed by atoms with Crippen molar-refractivity contribution < 1.29 is 4.79 Å². The molecule has 1 aliphatic rings. The van der Waals surface area contributed by atoms with Crippen molar-refractivity contribution in [2.45, 2.75) is 53.4 Å². The fourth-order valence-electron chi connectivity index (χ4n) is 4.02. The average molecular weight is 381 g/mol. The maximum atomic E-state index is 13.0. The van der Waals surface area contributed by atoms with E-state index < -0.39 is 0 Å². The maximum Gasteiger partial charge on any atom is 0.253 e. The first-order valence-corrected chi connectivity index (χ1v) is 10.4. The van der Waals surface area contributed by atoms with Crippen molar-refractivity contribution in [3.63, 3.8) is 0 Å². The minimum absolute atomic E-state index is 0.128. The van der Waals surface area contributed by atoms with E-state index in [-0.39, 0.29) is 5.91 Å². The first kappa shape index (κ1) is 20.3. The lowest BCUT2D eigenvalue weighted by Gasteiger charge is -2.27. The van der Waals surface area contributed by atoms with E-state index in [1.54, 1.807) is 0 Å². The van der Waals surface area contributed by atoms with Gasteiger partial charge in [-0.3, -0.25) is 4.79 Å². The number of aromatic nitrogens is 2. The number of aryl methyl sites for hydroxylation is 3. The number of carbonyl (C=O) groups excluding carboxylic acids is 1. The van der Waals surface area contributed by atoms with Crippen LogP contribution in [0.2, 0.25) is 0 Å². The Kier molecular flexibility index (Phi) is 6.32. The molecule has 0 unspecified atom stereocenters. The van der Waals surface area contributed by atoms with Gasteiger partial charge in [0.25, 0.3) is 5.91 Å². The molecular formula is C23H32N4O. The van der Waals surface area contributed by atoms with E-state index >= 15 is 0 Å². The highest BCUT2D eigenvalue weighted by Gasteiger charge is 2.24. The fourth-order valence-corrected chi connectivity index (χ4v) is 4.02. The van der Waals surface area contributed by atoms with Crippen LogP contribution in [0.15, 0.2) is 24.3 Å². The molecule has 1 aromatic carbocycles. The summed E-state index contributed by atoms with van der Waals surface area (Å²) in [7, 11) is 0. The molecule has 1 fully saturated rings. The minimum atomic E-state index is 0.128. The van der Waals surface area contributed by atoms with Crippen LogP contribution in [-0.4, -0.2) is 47.0 Å². The number of carbonyl (C=O) groups is 1. The van der Waals surface area contributed by atoms with Gasteiger partial charge in [0.2, 0.25) is 0 Å². The van der Waals surface area contributed by atoms with Crippen LogP contribution >= 0.6 is 0 Å². The largest absolute Gasteiger partial charge is 0.354 e. The van der Waals surface area contributed by atoms with Gasteiger partial charge in [0.05, 0.1) is 0 Å². The number of rotatable bonds is 4. The van der Waals surface area contributed by atoms with E-state index in [0.717, 1.165) is 55.4 Å². The molecule has 0 N–H and O–H groups in total. The van der Waals surface area contributed by atoms with E-state index in [1.807, 2.05) is 24.0 Å².